The van der Waals surface area contributed by atoms with E-state index in [2.05, 4.69) is 10.6 Å². The van der Waals surface area contributed by atoms with E-state index in [0.29, 0.717) is 0 Å². The van der Waals surface area contributed by atoms with Gasteiger partial charge in [-0.15, -0.1) is 0 Å². The summed E-state index contributed by atoms with van der Waals surface area (Å²) in [5, 5.41) is 5.90. The maximum Gasteiger partial charge on any atom is 0.246 e. The van der Waals surface area contributed by atoms with E-state index in [1.165, 1.54) is 0 Å². The van der Waals surface area contributed by atoms with Crippen LogP contribution in [0.4, 0.5) is 11.4 Å². The van der Waals surface area contributed by atoms with E-state index in [4.69, 9.17) is 4.74 Å². The molecule has 4 nitrogen and oxygen atoms in total. The summed E-state index contributed by atoms with van der Waals surface area (Å²) in [7, 11) is 1.60. The van der Waals surface area contributed by atoms with Gasteiger partial charge in [0.2, 0.25) is 5.91 Å². The summed E-state index contributed by atoms with van der Waals surface area (Å²) >= 11 is 0. The van der Waals surface area contributed by atoms with Crippen LogP contribution in [0.25, 0.3) is 0 Å². The fourth-order valence-electron chi connectivity index (χ4n) is 1.42. The van der Waals surface area contributed by atoms with Crippen molar-refractivity contribution in [3.8, 4) is 5.75 Å². The molecule has 0 aromatic heterocycles. The number of anilines is 2. The molecule has 2 rings (SSSR count). The number of ether oxygens (including phenoxy) is 1. The summed E-state index contributed by atoms with van der Waals surface area (Å²) in [5.41, 5.74) is 1.70. The van der Waals surface area contributed by atoms with Crippen LogP contribution in [0.2, 0.25) is 0 Å². The lowest BCUT2D eigenvalue weighted by Crippen LogP contribution is -2.36. The van der Waals surface area contributed by atoms with Crippen molar-refractivity contribution in [2.75, 3.05) is 17.7 Å². The predicted octanol–water partition coefficient (Wildman–Crippen LogP) is 1.45. The van der Waals surface area contributed by atoms with E-state index in [1.54, 1.807) is 13.2 Å². The molecule has 1 aliphatic rings. The van der Waals surface area contributed by atoms with Crippen molar-refractivity contribution < 1.29 is 9.53 Å². The van der Waals surface area contributed by atoms with Crippen LogP contribution in [0.1, 0.15) is 6.92 Å². The van der Waals surface area contributed by atoms with Crippen molar-refractivity contribution in [3.05, 3.63) is 18.2 Å². The van der Waals surface area contributed by atoms with Gasteiger partial charge in [-0.25, -0.2) is 0 Å². The fraction of sp³-hybridized carbons (Fsp3) is 0.300. The van der Waals surface area contributed by atoms with Crippen molar-refractivity contribution in [3.63, 3.8) is 0 Å². The average Bonchev–Trinajstić information content (AvgIpc) is 2.19. The molecule has 74 valence electrons. The van der Waals surface area contributed by atoms with E-state index in [9.17, 15) is 4.79 Å². The van der Waals surface area contributed by atoms with E-state index < -0.39 is 0 Å². The highest BCUT2D eigenvalue weighted by atomic mass is 16.5. The Morgan fingerprint density at radius 3 is 2.86 bits per heavy atom. The fourth-order valence-corrected chi connectivity index (χ4v) is 1.42. The van der Waals surface area contributed by atoms with Gasteiger partial charge in [-0.2, -0.15) is 0 Å². The molecule has 0 saturated carbocycles. The number of carbonyl (C=O) groups is 1. The first-order valence-electron chi connectivity index (χ1n) is 4.46. The minimum Gasteiger partial charge on any atom is -0.497 e. The zero-order valence-electron chi connectivity index (χ0n) is 8.13. The maximum atomic E-state index is 11.3. The van der Waals surface area contributed by atoms with Crippen LogP contribution < -0.4 is 15.4 Å². The molecule has 0 saturated heterocycles. The van der Waals surface area contributed by atoms with Crippen molar-refractivity contribution in [2.45, 2.75) is 13.0 Å². The number of nitrogens with one attached hydrogen (secondary N) is 2. The smallest absolute Gasteiger partial charge is 0.246 e. The van der Waals surface area contributed by atoms with Gasteiger partial charge in [-0.1, -0.05) is 0 Å². The molecule has 1 amide bonds. The highest BCUT2D eigenvalue weighted by Crippen LogP contribution is 2.30. The summed E-state index contributed by atoms with van der Waals surface area (Å²) in [6, 6.07) is 5.36. The average molecular weight is 192 g/mol. The van der Waals surface area contributed by atoms with Crippen LogP contribution in [-0.4, -0.2) is 19.1 Å². The normalized spacial score (nSPS) is 19.3. The van der Waals surface area contributed by atoms with Gasteiger partial charge in [-0.05, 0) is 19.1 Å². The van der Waals surface area contributed by atoms with Crippen molar-refractivity contribution in [2.24, 2.45) is 0 Å². The summed E-state index contributed by atoms with van der Waals surface area (Å²) < 4.78 is 5.06. The second-order valence-electron chi connectivity index (χ2n) is 3.27. The van der Waals surface area contributed by atoms with Gasteiger partial charge in [0.05, 0.1) is 18.5 Å². The second kappa shape index (κ2) is 3.21. The van der Waals surface area contributed by atoms with Crippen LogP contribution >= 0.6 is 0 Å². The SMILES string of the molecule is COc1ccc2c(c1)NC(=O)C(C)N2. The largest absolute Gasteiger partial charge is 0.497 e. The first-order valence-corrected chi connectivity index (χ1v) is 4.46. The molecule has 1 unspecified atom stereocenters. The third-order valence-corrected chi connectivity index (χ3v) is 2.25. The Kier molecular flexibility index (Phi) is 2.04. The van der Waals surface area contributed by atoms with E-state index in [-0.39, 0.29) is 11.9 Å². The van der Waals surface area contributed by atoms with Gasteiger partial charge in [-0.3, -0.25) is 4.79 Å². The number of carbonyl (C=O) groups excluding carboxylic acids is 1. The molecule has 0 fully saturated rings. The lowest BCUT2D eigenvalue weighted by Gasteiger charge is -2.24. The number of benzene rings is 1. The lowest BCUT2D eigenvalue weighted by atomic mass is 10.1. The van der Waals surface area contributed by atoms with Crippen LogP contribution in [0, 0.1) is 0 Å². The second-order valence-corrected chi connectivity index (χ2v) is 3.27. The molecule has 0 aliphatic carbocycles. The van der Waals surface area contributed by atoms with Crippen LogP contribution in [0.15, 0.2) is 18.2 Å². The van der Waals surface area contributed by atoms with Crippen LogP contribution in [0.5, 0.6) is 5.75 Å². The minimum absolute atomic E-state index is 0.0225. The Labute approximate surface area is 82.3 Å². The molecule has 0 spiro atoms. The quantitative estimate of drug-likeness (QED) is 0.708. The maximum absolute atomic E-state index is 11.3. The highest BCUT2D eigenvalue weighted by molar-refractivity contribution is 6.02. The monoisotopic (exact) mass is 192 g/mol. The molecule has 2 N–H and O–H groups in total. The van der Waals surface area contributed by atoms with Gasteiger partial charge in [0.25, 0.3) is 0 Å². The molecule has 1 aliphatic heterocycles. The Bertz CT molecular complexity index is 376. The predicted molar refractivity (Wildman–Crippen MR) is 54.7 cm³/mol. The molecule has 1 aromatic rings. The Morgan fingerprint density at radius 1 is 1.36 bits per heavy atom. The van der Waals surface area contributed by atoms with Gasteiger partial charge in [0, 0.05) is 6.07 Å². The van der Waals surface area contributed by atoms with Gasteiger partial charge < -0.3 is 15.4 Å². The molecule has 1 atom stereocenters. The third-order valence-electron chi connectivity index (χ3n) is 2.25. The zero-order valence-corrected chi connectivity index (χ0v) is 8.13. The zero-order chi connectivity index (χ0) is 10.1. The summed E-state index contributed by atoms with van der Waals surface area (Å²) in [6.07, 6.45) is 0. The number of hydrogen-bond donors (Lipinski definition) is 2. The standard InChI is InChI=1S/C10H12N2O2/c1-6-10(13)12-9-5-7(14-2)3-4-8(9)11-6/h3-6,11H,1-2H3,(H,12,13). The molecule has 4 heteroatoms. The molecule has 1 heterocycles. The van der Waals surface area contributed by atoms with Crippen molar-refractivity contribution in [1.82, 2.24) is 0 Å². The molecule has 14 heavy (non-hydrogen) atoms. The summed E-state index contributed by atoms with van der Waals surface area (Å²) in [4.78, 5) is 11.3. The van der Waals surface area contributed by atoms with Crippen LogP contribution in [0.3, 0.4) is 0 Å². The van der Waals surface area contributed by atoms with Gasteiger partial charge in [0.15, 0.2) is 0 Å². The summed E-state index contributed by atoms with van der Waals surface area (Å²) in [5.74, 6) is 0.714. The van der Waals surface area contributed by atoms with Crippen molar-refractivity contribution in [1.29, 1.82) is 0 Å². The van der Waals surface area contributed by atoms with Crippen molar-refractivity contribution >= 4 is 17.3 Å². The number of fused-ring (bicyclic) bond motifs is 1. The molecular formula is C10H12N2O2. The van der Waals surface area contributed by atoms with Gasteiger partial charge in [0.1, 0.15) is 11.8 Å². The minimum atomic E-state index is -0.184. The van der Waals surface area contributed by atoms with Crippen LogP contribution in [-0.2, 0) is 4.79 Å². The Morgan fingerprint density at radius 2 is 2.14 bits per heavy atom. The molecular weight excluding hydrogens is 180 g/mol. The Hall–Kier alpha value is -1.71. The Balaban J connectivity index is 2.37. The van der Waals surface area contributed by atoms with E-state index in [1.807, 2.05) is 19.1 Å². The van der Waals surface area contributed by atoms with Gasteiger partial charge >= 0.3 is 0 Å². The third kappa shape index (κ3) is 1.39. The first kappa shape index (κ1) is 8.87. The van der Waals surface area contributed by atoms with E-state index >= 15 is 0 Å². The lowest BCUT2D eigenvalue weighted by molar-refractivity contribution is -0.116. The molecule has 0 bridgehead atoms. The number of methoxy groups -OCH3 is 1. The summed E-state index contributed by atoms with van der Waals surface area (Å²) in [6.45, 7) is 1.82. The molecule has 1 aromatic carbocycles. The topological polar surface area (TPSA) is 50.4 Å². The number of hydrogen-bond acceptors (Lipinski definition) is 3. The van der Waals surface area contributed by atoms with E-state index in [0.717, 1.165) is 17.1 Å². The number of amides is 1. The highest BCUT2D eigenvalue weighted by Gasteiger charge is 2.21. The first-order chi connectivity index (χ1) is 6.70. The molecule has 0 radical (unpaired) electrons. The number of rotatable bonds is 1.